The molecule has 1 saturated carbocycles. The predicted molar refractivity (Wildman–Crippen MR) is 77.1 cm³/mol. The lowest BCUT2D eigenvalue weighted by molar-refractivity contribution is -0.0829. The third-order valence-electron chi connectivity index (χ3n) is 6.21. The first-order chi connectivity index (χ1) is 9.32. The Morgan fingerprint density at radius 2 is 1.58 bits per heavy atom. The van der Waals surface area contributed by atoms with Crippen LogP contribution in [0, 0.1) is 5.92 Å². The van der Waals surface area contributed by atoms with Crippen molar-refractivity contribution >= 4 is 0 Å². The van der Waals surface area contributed by atoms with Gasteiger partial charge in [-0.05, 0) is 44.7 Å². The van der Waals surface area contributed by atoms with E-state index in [-0.39, 0.29) is 0 Å². The first-order valence-corrected chi connectivity index (χ1v) is 8.23. The molecule has 2 N–H and O–H groups in total. The van der Waals surface area contributed by atoms with E-state index in [1.165, 1.54) is 71.5 Å². The van der Waals surface area contributed by atoms with E-state index in [1.54, 1.807) is 0 Å². The van der Waals surface area contributed by atoms with E-state index in [4.69, 9.17) is 5.73 Å². The van der Waals surface area contributed by atoms with Crippen LogP contribution in [0.1, 0.15) is 25.7 Å². The highest BCUT2D eigenvalue weighted by Gasteiger charge is 2.50. The van der Waals surface area contributed by atoms with E-state index in [0.29, 0.717) is 5.54 Å². The van der Waals surface area contributed by atoms with Crippen LogP contribution in [0.2, 0.25) is 0 Å². The van der Waals surface area contributed by atoms with Crippen molar-refractivity contribution < 1.29 is 0 Å². The van der Waals surface area contributed by atoms with Gasteiger partial charge in [0.15, 0.2) is 0 Å². The highest BCUT2D eigenvalue weighted by Crippen LogP contribution is 2.40. The maximum atomic E-state index is 6.28. The van der Waals surface area contributed by atoms with E-state index in [9.17, 15) is 0 Å². The smallest absolute Gasteiger partial charge is 0.0488 e. The Morgan fingerprint density at radius 3 is 2.05 bits per heavy atom. The van der Waals surface area contributed by atoms with Gasteiger partial charge in [-0.15, -0.1) is 0 Å². The summed E-state index contributed by atoms with van der Waals surface area (Å²) in [5.41, 5.74) is 6.59. The highest BCUT2D eigenvalue weighted by atomic mass is 15.4. The molecule has 5 fully saturated rings. The maximum Gasteiger partial charge on any atom is 0.0488 e. The van der Waals surface area contributed by atoms with Crippen molar-refractivity contribution in [2.24, 2.45) is 11.7 Å². The molecule has 19 heavy (non-hydrogen) atoms. The number of fused-ring (bicyclic) bond motifs is 3. The molecule has 1 aliphatic carbocycles. The topological polar surface area (TPSA) is 35.7 Å². The maximum absolute atomic E-state index is 6.28. The molecule has 1 atom stereocenters. The summed E-state index contributed by atoms with van der Waals surface area (Å²) in [5, 5.41) is 0. The molecule has 5 rings (SSSR count). The molecular weight excluding hydrogens is 236 g/mol. The number of hydrogen-bond donors (Lipinski definition) is 1. The number of rotatable bonds is 3. The van der Waals surface area contributed by atoms with Gasteiger partial charge in [-0.3, -0.25) is 9.80 Å². The number of nitrogens with zero attached hydrogens (tertiary/aromatic N) is 3. The van der Waals surface area contributed by atoms with Gasteiger partial charge in [0, 0.05) is 50.8 Å². The Labute approximate surface area is 116 Å². The molecule has 0 aromatic carbocycles. The standard InChI is InChI=1S/C15H28N4/c16-11-15(12-17-5-3-13(15)4-6-17)19-9-7-18(8-10-19)14-1-2-14/h13-14H,1-12,16H2. The van der Waals surface area contributed by atoms with Crippen molar-refractivity contribution in [1.82, 2.24) is 14.7 Å². The Morgan fingerprint density at radius 1 is 0.895 bits per heavy atom. The molecule has 0 aromatic heterocycles. The van der Waals surface area contributed by atoms with Crippen molar-refractivity contribution in [3.8, 4) is 0 Å². The number of hydrogen-bond acceptors (Lipinski definition) is 4. The minimum absolute atomic E-state index is 0.312. The molecule has 5 aliphatic rings. The molecule has 4 saturated heterocycles. The summed E-state index contributed by atoms with van der Waals surface area (Å²) in [4.78, 5) is 8.13. The van der Waals surface area contributed by atoms with E-state index >= 15 is 0 Å². The van der Waals surface area contributed by atoms with E-state index in [1.807, 2.05) is 0 Å². The van der Waals surface area contributed by atoms with Crippen LogP contribution < -0.4 is 5.73 Å². The predicted octanol–water partition coefficient (Wildman–Crippen LogP) is 0.190. The fourth-order valence-corrected chi connectivity index (χ4v) is 4.84. The average Bonchev–Trinajstić information content (AvgIpc) is 3.33. The molecule has 0 radical (unpaired) electrons. The van der Waals surface area contributed by atoms with Crippen LogP contribution in [0.3, 0.4) is 0 Å². The third kappa shape index (κ3) is 2.04. The second-order valence-corrected chi connectivity index (χ2v) is 7.11. The lowest BCUT2D eigenvalue weighted by atomic mass is 9.71. The SMILES string of the molecule is NCC1(N2CCN(C3CC3)CC2)CN2CCC1CC2. The van der Waals surface area contributed by atoms with Gasteiger partial charge in [0.05, 0.1) is 0 Å². The number of piperidine rings is 3. The Balaban J connectivity index is 1.47. The summed E-state index contributed by atoms with van der Waals surface area (Å²) in [6.45, 7) is 9.77. The summed E-state index contributed by atoms with van der Waals surface area (Å²) >= 11 is 0. The molecule has 2 bridgehead atoms. The zero-order valence-corrected chi connectivity index (χ0v) is 12.1. The lowest BCUT2D eigenvalue weighted by Crippen LogP contribution is -2.72. The molecule has 4 nitrogen and oxygen atoms in total. The van der Waals surface area contributed by atoms with Crippen molar-refractivity contribution in [1.29, 1.82) is 0 Å². The fraction of sp³-hybridized carbons (Fsp3) is 1.00. The fourth-order valence-electron chi connectivity index (χ4n) is 4.84. The molecule has 4 heterocycles. The normalized spacial score (nSPS) is 44.7. The molecule has 4 heteroatoms. The Bertz CT molecular complexity index is 327. The zero-order valence-electron chi connectivity index (χ0n) is 12.1. The van der Waals surface area contributed by atoms with Gasteiger partial charge in [-0.2, -0.15) is 0 Å². The zero-order chi connectivity index (χ0) is 12.9. The summed E-state index contributed by atoms with van der Waals surface area (Å²) in [6, 6.07) is 0.933. The van der Waals surface area contributed by atoms with Crippen molar-refractivity contribution in [3.05, 3.63) is 0 Å². The van der Waals surface area contributed by atoms with Crippen LogP contribution in [0.25, 0.3) is 0 Å². The van der Waals surface area contributed by atoms with Crippen LogP contribution in [0.5, 0.6) is 0 Å². The van der Waals surface area contributed by atoms with Crippen LogP contribution >= 0.6 is 0 Å². The second kappa shape index (κ2) is 4.69. The van der Waals surface area contributed by atoms with Crippen LogP contribution in [-0.2, 0) is 0 Å². The van der Waals surface area contributed by atoms with Gasteiger partial charge in [0.25, 0.3) is 0 Å². The van der Waals surface area contributed by atoms with E-state index in [2.05, 4.69) is 14.7 Å². The Hall–Kier alpha value is -0.160. The average molecular weight is 264 g/mol. The highest BCUT2D eigenvalue weighted by molar-refractivity contribution is 5.07. The second-order valence-electron chi connectivity index (χ2n) is 7.11. The van der Waals surface area contributed by atoms with Crippen molar-refractivity contribution in [3.63, 3.8) is 0 Å². The van der Waals surface area contributed by atoms with E-state index < -0.39 is 0 Å². The Kier molecular flexibility index (Phi) is 3.10. The molecule has 0 spiro atoms. The summed E-state index contributed by atoms with van der Waals surface area (Å²) in [7, 11) is 0. The monoisotopic (exact) mass is 264 g/mol. The van der Waals surface area contributed by atoms with Crippen LogP contribution in [0.15, 0.2) is 0 Å². The number of piperazine rings is 1. The summed E-state index contributed by atoms with van der Waals surface area (Å²) in [5.74, 6) is 0.856. The third-order valence-corrected chi connectivity index (χ3v) is 6.21. The summed E-state index contributed by atoms with van der Waals surface area (Å²) in [6.07, 6.45) is 5.64. The van der Waals surface area contributed by atoms with Gasteiger partial charge >= 0.3 is 0 Å². The largest absolute Gasteiger partial charge is 0.329 e. The molecule has 1 unspecified atom stereocenters. The van der Waals surface area contributed by atoms with Gasteiger partial charge in [-0.25, -0.2) is 0 Å². The molecule has 0 aromatic rings. The van der Waals surface area contributed by atoms with Crippen molar-refractivity contribution in [2.45, 2.75) is 37.3 Å². The first kappa shape index (κ1) is 12.6. The number of nitrogens with two attached hydrogens (primary N) is 1. The van der Waals surface area contributed by atoms with Gasteiger partial charge < -0.3 is 10.6 Å². The van der Waals surface area contributed by atoms with Crippen LogP contribution in [-0.4, -0.2) is 78.6 Å². The first-order valence-electron chi connectivity index (χ1n) is 8.23. The van der Waals surface area contributed by atoms with Gasteiger partial charge in [0.2, 0.25) is 0 Å². The molecule has 108 valence electrons. The lowest BCUT2D eigenvalue weighted by Gasteiger charge is -2.59. The minimum atomic E-state index is 0.312. The minimum Gasteiger partial charge on any atom is -0.329 e. The van der Waals surface area contributed by atoms with Crippen molar-refractivity contribution in [2.75, 3.05) is 52.4 Å². The van der Waals surface area contributed by atoms with Gasteiger partial charge in [-0.1, -0.05) is 0 Å². The molecule has 4 aliphatic heterocycles. The van der Waals surface area contributed by atoms with Crippen LogP contribution in [0.4, 0.5) is 0 Å². The summed E-state index contributed by atoms with van der Waals surface area (Å²) < 4.78 is 0. The van der Waals surface area contributed by atoms with Gasteiger partial charge in [0.1, 0.15) is 0 Å². The molecular formula is C15H28N4. The van der Waals surface area contributed by atoms with E-state index in [0.717, 1.165) is 18.5 Å². The quantitative estimate of drug-likeness (QED) is 0.789. The molecule has 0 amide bonds.